The first-order valence-corrected chi connectivity index (χ1v) is 10.4. The number of rotatable bonds is 9. The molecule has 0 aliphatic carbocycles. The van der Waals surface area contributed by atoms with Gasteiger partial charge < -0.3 is 14.2 Å². The van der Waals surface area contributed by atoms with E-state index in [4.69, 9.17) is 25.8 Å². The van der Waals surface area contributed by atoms with Gasteiger partial charge in [0.15, 0.2) is 11.5 Å². The minimum atomic E-state index is -0.357. The zero-order chi connectivity index (χ0) is 22.1. The van der Waals surface area contributed by atoms with Gasteiger partial charge in [0.1, 0.15) is 5.75 Å². The molecule has 0 unspecified atom stereocenters. The van der Waals surface area contributed by atoms with Gasteiger partial charge in [-0.15, -0.1) is 0 Å². The highest BCUT2D eigenvalue weighted by Crippen LogP contribution is 2.33. The van der Waals surface area contributed by atoms with Crippen LogP contribution in [-0.4, -0.2) is 32.6 Å². The molecule has 30 heavy (non-hydrogen) atoms. The van der Waals surface area contributed by atoms with Gasteiger partial charge in [0.05, 0.1) is 27.2 Å². The van der Waals surface area contributed by atoms with Crippen LogP contribution in [0, 0.1) is 6.92 Å². The molecular formula is C21H24BrClN2O5. The van der Waals surface area contributed by atoms with Crippen molar-refractivity contribution in [3.8, 4) is 17.2 Å². The number of carbonyl (C=O) groups is 2. The van der Waals surface area contributed by atoms with Crippen LogP contribution in [0.3, 0.4) is 0 Å². The number of nitrogens with one attached hydrogen (secondary N) is 2. The number of hydrazine groups is 1. The van der Waals surface area contributed by atoms with Crippen molar-refractivity contribution in [3.05, 3.63) is 51.0 Å². The average molecular weight is 500 g/mol. The van der Waals surface area contributed by atoms with E-state index in [-0.39, 0.29) is 24.7 Å². The second kappa shape index (κ2) is 11.7. The molecule has 0 aliphatic heterocycles. The maximum absolute atomic E-state index is 12.1. The summed E-state index contributed by atoms with van der Waals surface area (Å²) in [5.41, 5.74) is 6.45. The highest BCUT2D eigenvalue weighted by Gasteiger charge is 2.13. The summed E-state index contributed by atoms with van der Waals surface area (Å²) in [4.78, 5) is 24.1. The SMILES string of the molecule is COc1cc(Br)c(CC(=O)NNC(=O)CCCOc2ccc(Cl)cc2C)cc1OC. The van der Waals surface area contributed by atoms with E-state index in [1.165, 1.54) is 14.2 Å². The molecule has 0 spiro atoms. The summed E-state index contributed by atoms with van der Waals surface area (Å²) >= 11 is 9.32. The summed E-state index contributed by atoms with van der Waals surface area (Å²) in [6.07, 6.45) is 0.776. The first kappa shape index (κ1) is 23.8. The number of ether oxygens (including phenoxy) is 3. The molecule has 2 amide bonds. The van der Waals surface area contributed by atoms with Gasteiger partial charge >= 0.3 is 0 Å². The van der Waals surface area contributed by atoms with E-state index in [9.17, 15) is 9.59 Å². The quantitative estimate of drug-likeness (QED) is 0.403. The van der Waals surface area contributed by atoms with Gasteiger partial charge in [0.2, 0.25) is 11.8 Å². The van der Waals surface area contributed by atoms with Gasteiger partial charge in [-0.2, -0.15) is 0 Å². The van der Waals surface area contributed by atoms with E-state index in [2.05, 4.69) is 26.8 Å². The van der Waals surface area contributed by atoms with Crippen LogP contribution in [0.15, 0.2) is 34.8 Å². The topological polar surface area (TPSA) is 85.9 Å². The van der Waals surface area contributed by atoms with Crippen molar-refractivity contribution >= 4 is 39.3 Å². The van der Waals surface area contributed by atoms with Crippen molar-refractivity contribution in [2.45, 2.75) is 26.2 Å². The van der Waals surface area contributed by atoms with Gasteiger partial charge in [-0.25, -0.2) is 0 Å². The Balaban J connectivity index is 1.73. The second-order valence-corrected chi connectivity index (χ2v) is 7.72. The predicted octanol–water partition coefficient (Wildman–Crippen LogP) is 3.98. The molecule has 0 saturated heterocycles. The van der Waals surface area contributed by atoms with E-state index in [1.807, 2.05) is 13.0 Å². The molecule has 0 radical (unpaired) electrons. The van der Waals surface area contributed by atoms with Gasteiger partial charge in [-0.1, -0.05) is 27.5 Å². The third-order valence-corrected chi connectivity index (χ3v) is 5.16. The summed E-state index contributed by atoms with van der Waals surface area (Å²) < 4.78 is 16.8. The van der Waals surface area contributed by atoms with Crippen LogP contribution in [-0.2, 0) is 16.0 Å². The van der Waals surface area contributed by atoms with Crippen molar-refractivity contribution in [2.75, 3.05) is 20.8 Å². The number of carbonyl (C=O) groups excluding carboxylic acids is 2. The molecule has 0 atom stereocenters. The molecular weight excluding hydrogens is 476 g/mol. The Morgan fingerprint density at radius 3 is 2.33 bits per heavy atom. The lowest BCUT2D eigenvalue weighted by atomic mass is 10.1. The minimum absolute atomic E-state index is 0.0557. The van der Waals surface area contributed by atoms with Crippen LogP contribution in [0.1, 0.15) is 24.0 Å². The predicted molar refractivity (Wildman–Crippen MR) is 118 cm³/mol. The Bertz CT molecular complexity index is 907. The van der Waals surface area contributed by atoms with E-state index in [1.54, 1.807) is 24.3 Å². The molecule has 2 aromatic rings. The average Bonchev–Trinajstić information content (AvgIpc) is 2.72. The fourth-order valence-corrected chi connectivity index (χ4v) is 3.33. The van der Waals surface area contributed by atoms with Crippen molar-refractivity contribution in [1.29, 1.82) is 0 Å². The summed E-state index contributed by atoms with van der Waals surface area (Å²) in [5.74, 6) is 1.14. The molecule has 2 aromatic carbocycles. The van der Waals surface area contributed by atoms with E-state index in [0.29, 0.717) is 39.6 Å². The lowest BCUT2D eigenvalue weighted by molar-refractivity contribution is -0.128. The maximum Gasteiger partial charge on any atom is 0.242 e. The van der Waals surface area contributed by atoms with Crippen LogP contribution in [0.5, 0.6) is 17.2 Å². The normalized spacial score (nSPS) is 10.3. The number of hydrogen-bond acceptors (Lipinski definition) is 5. The van der Waals surface area contributed by atoms with Crippen LogP contribution in [0.25, 0.3) is 0 Å². The molecule has 9 heteroatoms. The smallest absolute Gasteiger partial charge is 0.242 e. The minimum Gasteiger partial charge on any atom is -0.493 e. The monoisotopic (exact) mass is 498 g/mol. The van der Waals surface area contributed by atoms with Gasteiger partial charge in [-0.3, -0.25) is 20.4 Å². The number of benzene rings is 2. The fraction of sp³-hybridized carbons (Fsp3) is 0.333. The van der Waals surface area contributed by atoms with Gasteiger partial charge in [-0.05, 0) is 54.8 Å². The molecule has 0 aromatic heterocycles. The Kier molecular flexibility index (Phi) is 9.26. The summed E-state index contributed by atoms with van der Waals surface area (Å²) in [5, 5.41) is 0.648. The van der Waals surface area contributed by atoms with Crippen molar-refractivity contribution < 1.29 is 23.8 Å². The van der Waals surface area contributed by atoms with Crippen molar-refractivity contribution in [2.24, 2.45) is 0 Å². The third kappa shape index (κ3) is 7.11. The lowest BCUT2D eigenvalue weighted by Crippen LogP contribution is -2.42. The number of methoxy groups -OCH3 is 2. The summed E-state index contributed by atoms with van der Waals surface area (Å²) in [6.45, 7) is 2.28. The van der Waals surface area contributed by atoms with Crippen LogP contribution >= 0.6 is 27.5 Å². The number of amides is 2. The highest BCUT2D eigenvalue weighted by molar-refractivity contribution is 9.10. The summed E-state index contributed by atoms with van der Waals surface area (Å²) in [7, 11) is 3.06. The molecule has 0 saturated carbocycles. The molecule has 2 rings (SSSR count). The van der Waals surface area contributed by atoms with Crippen LogP contribution in [0.4, 0.5) is 0 Å². The van der Waals surface area contributed by atoms with E-state index < -0.39 is 0 Å². The molecule has 0 bridgehead atoms. The Morgan fingerprint density at radius 2 is 1.67 bits per heavy atom. The molecule has 162 valence electrons. The molecule has 0 aliphatic rings. The molecule has 0 fully saturated rings. The second-order valence-electron chi connectivity index (χ2n) is 6.43. The van der Waals surface area contributed by atoms with Crippen molar-refractivity contribution in [3.63, 3.8) is 0 Å². The zero-order valence-corrected chi connectivity index (χ0v) is 19.4. The number of halogens is 2. The fourth-order valence-electron chi connectivity index (χ4n) is 2.64. The first-order chi connectivity index (χ1) is 14.3. The number of aryl methyl sites for hydroxylation is 1. The maximum atomic E-state index is 12.1. The molecule has 2 N–H and O–H groups in total. The zero-order valence-electron chi connectivity index (χ0n) is 17.0. The van der Waals surface area contributed by atoms with Gasteiger partial charge in [0, 0.05) is 15.9 Å². The van der Waals surface area contributed by atoms with Gasteiger partial charge in [0.25, 0.3) is 0 Å². The van der Waals surface area contributed by atoms with E-state index >= 15 is 0 Å². The van der Waals surface area contributed by atoms with Crippen molar-refractivity contribution in [1.82, 2.24) is 10.9 Å². The van der Waals surface area contributed by atoms with E-state index in [0.717, 1.165) is 11.3 Å². The third-order valence-electron chi connectivity index (χ3n) is 4.19. The Hall–Kier alpha value is -2.45. The van der Waals surface area contributed by atoms with Crippen LogP contribution < -0.4 is 25.1 Å². The lowest BCUT2D eigenvalue weighted by Gasteiger charge is -2.12. The standard InChI is InChI=1S/C21H24BrClN2O5/c1-13-9-15(23)6-7-17(13)30-8-4-5-20(26)24-25-21(27)11-14-10-18(28-2)19(29-3)12-16(14)22/h6-7,9-10,12H,4-5,8,11H2,1-3H3,(H,24,26)(H,25,27). The molecule has 0 heterocycles. The highest BCUT2D eigenvalue weighted by atomic mass is 79.9. The first-order valence-electron chi connectivity index (χ1n) is 9.21. The largest absolute Gasteiger partial charge is 0.493 e. The van der Waals surface area contributed by atoms with Crippen LogP contribution in [0.2, 0.25) is 5.02 Å². The Morgan fingerprint density at radius 1 is 1.00 bits per heavy atom. The Labute approximate surface area is 189 Å². The number of hydrogen-bond donors (Lipinski definition) is 2. The molecule has 7 nitrogen and oxygen atoms in total. The summed E-state index contributed by atoms with van der Waals surface area (Å²) in [6, 6.07) is 8.80.